The molecule has 1 aliphatic heterocycles. The number of sulfonamides is 1. The van der Waals surface area contributed by atoms with E-state index in [-0.39, 0.29) is 24.4 Å². The second kappa shape index (κ2) is 8.12. The number of rotatable bonds is 6. The van der Waals surface area contributed by atoms with E-state index in [2.05, 4.69) is 19.2 Å². The van der Waals surface area contributed by atoms with Gasteiger partial charge in [-0.15, -0.1) is 0 Å². The number of carbonyl (C=O) groups is 1. The summed E-state index contributed by atoms with van der Waals surface area (Å²) in [6, 6.07) is 9.92. The molecule has 0 aromatic heterocycles. The van der Waals surface area contributed by atoms with Crippen molar-refractivity contribution in [1.82, 2.24) is 9.62 Å². The molecule has 1 aliphatic rings. The largest absolute Gasteiger partial charge is 0.349 e. The van der Waals surface area contributed by atoms with Crippen molar-refractivity contribution in [2.75, 3.05) is 19.3 Å². The number of nitrogens with one attached hydrogen (secondary N) is 1. The predicted octanol–water partition coefficient (Wildman–Crippen LogP) is 2.56. The predicted molar refractivity (Wildman–Crippen MR) is 95.9 cm³/mol. The monoisotopic (exact) mass is 352 g/mol. The van der Waals surface area contributed by atoms with Crippen LogP contribution in [0.25, 0.3) is 0 Å². The maximum atomic E-state index is 12.7. The summed E-state index contributed by atoms with van der Waals surface area (Å²) in [6.45, 7) is 5.06. The van der Waals surface area contributed by atoms with Crippen molar-refractivity contribution in [2.24, 2.45) is 11.8 Å². The highest BCUT2D eigenvalue weighted by Crippen LogP contribution is 2.24. The molecule has 1 aromatic rings. The summed E-state index contributed by atoms with van der Waals surface area (Å²) in [5.74, 6) is 0.138. The SMILES string of the molecule is CC(C)C[C@H](NC(=O)[C@H]1CCCN(S(C)(=O)=O)C1)c1ccccc1. The van der Waals surface area contributed by atoms with Crippen LogP contribution in [-0.2, 0) is 14.8 Å². The van der Waals surface area contributed by atoms with E-state index < -0.39 is 10.0 Å². The molecule has 1 aromatic carbocycles. The summed E-state index contributed by atoms with van der Waals surface area (Å²) in [7, 11) is -3.24. The molecule has 0 unspecified atom stereocenters. The molecule has 2 rings (SSSR count). The Hall–Kier alpha value is -1.40. The molecular formula is C18H28N2O3S. The molecule has 0 aliphatic carbocycles. The van der Waals surface area contributed by atoms with Crippen molar-refractivity contribution < 1.29 is 13.2 Å². The molecule has 1 heterocycles. The Balaban J connectivity index is 2.07. The maximum Gasteiger partial charge on any atom is 0.224 e. The molecule has 1 N–H and O–H groups in total. The number of piperidine rings is 1. The standard InChI is InChI=1S/C18H28N2O3S/c1-14(2)12-17(15-8-5-4-6-9-15)19-18(21)16-10-7-11-20(13-16)24(3,22)23/h4-6,8-9,14,16-17H,7,10-13H2,1-3H3,(H,19,21)/t16-,17-/m0/s1. The molecule has 1 fully saturated rings. The lowest BCUT2D eigenvalue weighted by molar-refractivity contribution is -0.127. The highest BCUT2D eigenvalue weighted by Gasteiger charge is 2.31. The molecule has 134 valence electrons. The van der Waals surface area contributed by atoms with Crippen LogP contribution in [0.15, 0.2) is 30.3 Å². The van der Waals surface area contributed by atoms with Gasteiger partial charge in [0.05, 0.1) is 18.2 Å². The Morgan fingerprint density at radius 1 is 1.29 bits per heavy atom. The highest BCUT2D eigenvalue weighted by molar-refractivity contribution is 7.88. The molecule has 0 spiro atoms. The van der Waals surface area contributed by atoms with Gasteiger partial charge in [-0.3, -0.25) is 4.79 Å². The minimum Gasteiger partial charge on any atom is -0.349 e. The third kappa shape index (κ3) is 5.31. The van der Waals surface area contributed by atoms with Crippen molar-refractivity contribution in [3.8, 4) is 0 Å². The summed E-state index contributed by atoms with van der Waals surface area (Å²) in [5, 5.41) is 3.15. The van der Waals surface area contributed by atoms with E-state index in [1.807, 2.05) is 30.3 Å². The van der Waals surface area contributed by atoms with Crippen LogP contribution >= 0.6 is 0 Å². The smallest absolute Gasteiger partial charge is 0.224 e. The zero-order chi connectivity index (χ0) is 17.7. The van der Waals surface area contributed by atoms with Crippen LogP contribution in [0.4, 0.5) is 0 Å². The van der Waals surface area contributed by atoms with E-state index in [1.165, 1.54) is 10.6 Å². The van der Waals surface area contributed by atoms with Crippen LogP contribution in [0, 0.1) is 11.8 Å². The number of benzene rings is 1. The Labute approximate surface area is 145 Å². The molecule has 0 saturated carbocycles. The molecule has 1 saturated heterocycles. The van der Waals surface area contributed by atoms with Crippen LogP contribution in [0.1, 0.15) is 44.7 Å². The number of carbonyl (C=O) groups excluding carboxylic acids is 1. The fourth-order valence-corrected chi connectivity index (χ4v) is 4.09. The molecule has 0 radical (unpaired) electrons. The van der Waals surface area contributed by atoms with Crippen molar-refractivity contribution in [1.29, 1.82) is 0 Å². The first-order valence-corrected chi connectivity index (χ1v) is 10.4. The molecule has 1 amide bonds. The normalized spacial score (nSPS) is 20.8. The fourth-order valence-electron chi connectivity index (χ4n) is 3.18. The van der Waals surface area contributed by atoms with Gasteiger partial charge in [-0.2, -0.15) is 0 Å². The summed E-state index contributed by atoms with van der Waals surface area (Å²) >= 11 is 0. The molecule has 24 heavy (non-hydrogen) atoms. The average Bonchev–Trinajstić information content (AvgIpc) is 2.54. The summed E-state index contributed by atoms with van der Waals surface area (Å²) in [6.07, 6.45) is 3.53. The van der Waals surface area contributed by atoms with Crippen LogP contribution < -0.4 is 5.32 Å². The van der Waals surface area contributed by atoms with Crippen molar-refractivity contribution in [3.05, 3.63) is 35.9 Å². The van der Waals surface area contributed by atoms with E-state index in [0.717, 1.165) is 24.8 Å². The van der Waals surface area contributed by atoms with Gasteiger partial charge in [-0.1, -0.05) is 44.2 Å². The number of amides is 1. The van der Waals surface area contributed by atoms with Crippen molar-refractivity contribution >= 4 is 15.9 Å². The first kappa shape index (κ1) is 18.9. The van der Waals surface area contributed by atoms with Gasteiger partial charge >= 0.3 is 0 Å². The number of nitrogens with zero attached hydrogens (tertiary/aromatic N) is 1. The topological polar surface area (TPSA) is 66.5 Å². The lowest BCUT2D eigenvalue weighted by Gasteiger charge is -2.31. The Bertz CT molecular complexity index is 643. The fraction of sp³-hybridized carbons (Fsp3) is 0.611. The summed E-state index contributed by atoms with van der Waals surface area (Å²) in [4.78, 5) is 12.7. The van der Waals surface area contributed by atoms with E-state index in [9.17, 15) is 13.2 Å². The quantitative estimate of drug-likeness (QED) is 0.856. The van der Waals surface area contributed by atoms with E-state index >= 15 is 0 Å². The summed E-state index contributed by atoms with van der Waals surface area (Å²) < 4.78 is 24.9. The average molecular weight is 353 g/mol. The Kier molecular flexibility index (Phi) is 6.40. The van der Waals surface area contributed by atoms with Crippen LogP contribution in [-0.4, -0.2) is 38.0 Å². The van der Waals surface area contributed by atoms with Gasteiger partial charge in [-0.05, 0) is 30.7 Å². The highest BCUT2D eigenvalue weighted by atomic mass is 32.2. The van der Waals surface area contributed by atoms with Crippen molar-refractivity contribution in [3.63, 3.8) is 0 Å². The lowest BCUT2D eigenvalue weighted by Crippen LogP contribution is -2.45. The van der Waals surface area contributed by atoms with E-state index in [4.69, 9.17) is 0 Å². The van der Waals surface area contributed by atoms with Gasteiger partial charge in [0.25, 0.3) is 0 Å². The zero-order valence-corrected chi connectivity index (χ0v) is 15.6. The lowest BCUT2D eigenvalue weighted by atomic mass is 9.94. The Morgan fingerprint density at radius 3 is 2.54 bits per heavy atom. The van der Waals surface area contributed by atoms with Crippen LogP contribution in [0.2, 0.25) is 0 Å². The van der Waals surface area contributed by atoms with Crippen LogP contribution in [0.5, 0.6) is 0 Å². The first-order chi connectivity index (χ1) is 11.3. The zero-order valence-electron chi connectivity index (χ0n) is 14.7. The molecule has 0 bridgehead atoms. The molecule has 5 nitrogen and oxygen atoms in total. The van der Waals surface area contributed by atoms with Gasteiger partial charge in [-0.25, -0.2) is 12.7 Å². The third-order valence-electron chi connectivity index (χ3n) is 4.45. The maximum absolute atomic E-state index is 12.7. The Morgan fingerprint density at radius 2 is 1.96 bits per heavy atom. The number of hydrogen-bond donors (Lipinski definition) is 1. The van der Waals surface area contributed by atoms with Gasteiger partial charge in [0, 0.05) is 13.1 Å². The van der Waals surface area contributed by atoms with Gasteiger partial charge in [0.2, 0.25) is 15.9 Å². The molecule has 2 atom stereocenters. The second-order valence-electron chi connectivity index (χ2n) is 7.06. The van der Waals surface area contributed by atoms with Gasteiger partial charge < -0.3 is 5.32 Å². The van der Waals surface area contributed by atoms with Gasteiger partial charge in [0.1, 0.15) is 0 Å². The third-order valence-corrected chi connectivity index (χ3v) is 5.72. The van der Waals surface area contributed by atoms with Crippen LogP contribution in [0.3, 0.4) is 0 Å². The molecule has 6 heteroatoms. The summed E-state index contributed by atoms with van der Waals surface area (Å²) in [5.41, 5.74) is 1.09. The first-order valence-electron chi connectivity index (χ1n) is 8.58. The van der Waals surface area contributed by atoms with E-state index in [0.29, 0.717) is 12.5 Å². The minimum atomic E-state index is -3.24. The molecular weight excluding hydrogens is 324 g/mol. The second-order valence-corrected chi connectivity index (χ2v) is 9.04. The van der Waals surface area contributed by atoms with Crippen molar-refractivity contribution in [2.45, 2.75) is 39.2 Å². The van der Waals surface area contributed by atoms with Gasteiger partial charge in [0.15, 0.2) is 0 Å². The number of hydrogen-bond acceptors (Lipinski definition) is 3. The van der Waals surface area contributed by atoms with E-state index in [1.54, 1.807) is 0 Å². The minimum absolute atomic E-state index is 0.0349.